The van der Waals surface area contributed by atoms with E-state index in [2.05, 4.69) is 66.3 Å². The highest BCUT2D eigenvalue weighted by molar-refractivity contribution is 5.94. The minimum atomic E-state index is 1.14. The third-order valence-corrected chi connectivity index (χ3v) is 3.65. The zero-order chi connectivity index (χ0) is 14.7. The number of hydrogen-bond acceptors (Lipinski definition) is 1. The Kier molecular flexibility index (Phi) is 3.69. The van der Waals surface area contributed by atoms with Gasteiger partial charge in [0.05, 0.1) is 24.3 Å². The second-order valence-corrected chi connectivity index (χ2v) is 4.99. The van der Waals surface area contributed by atoms with Crippen LogP contribution >= 0.6 is 0 Å². The molecule has 0 N–H and O–H groups in total. The molecule has 0 spiro atoms. The number of methoxy groups -OCH3 is 1. The molecule has 1 aromatic heterocycles. The highest BCUT2D eigenvalue weighted by Gasteiger charge is 2.16. The van der Waals surface area contributed by atoms with Crippen LogP contribution in [-0.4, -0.2) is 7.11 Å². The molecule has 0 amide bonds. The number of aromatic nitrogens is 1. The van der Waals surface area contributed by atoms with Gasteiger partial charge in [-0.05, 0) is 29.2 Å². The van der Waals surface area contributed by atoms with E-state index in [9.17, 15) is 0 Å². The van der Waals surface area contributed by atoms with Crippen molar-refractivity contribution in [3.05, 3.63) is 72.6 Å². The summed E-state index contributed by atoms with van der Waals surface area (Å²) in [7, 11) is 3.75. The number of benzene rings is 2. The van der Waals surface area contributed by atoms with Crippen LogP contribution < -0.4 is 4.57 Å². The molecule has 104 valence electrons. The maximum Gasteiger partial charge on any atom is 0.220 e. The van der Waals surface area contributed by atoms with Crippen molar-refractivity contribution in [1.82, 2.24) is 0 Å². The van der Waals surface area contributed by atoms with Gasteiger partial charge in [-0.2, -0.15) is 0 Å². The Balaban J connectivity index is 2.30. The molecule has 0 unspecified atom stereocenters. The van der Waals surface area contributed by atoms with Crippen LogP contribution in [-0.2, 0) is 11.8 Å². The molecule has 0 aliphatic carbocycles. The summed E-state index contributed by atoms with van der Waals surface area (Å²) < 4.78 is 7.24. The predicted octanol–water partition coefficient (Wildman–Crippen LogP) is 3.95. The van der Waals surface area contributed by atoms with Gasteiger partial charge >= 0.3 is 0 Å². The first-order valence-electron chi connectivity index (χ1n) is 6.97. The van der Waals surface area contributed by atoms with Crippen molar-refractivity contribution in [3.8, 4) is 11.3 Å². The molecule has 3 rings (SSSR count). The van der Waals surface area contributed by atoms with Gasteiger partial charge in [0, 0.05) is 6.07 Å². The first-order chi connectivity index (χ1) is 10.3. The quantitative estimate of drug-likeness (QED) is 0.521. The van der Waals surface area contributed by atoms with Gasteiger partial charge in [-0.1, -0.05) is 36.4 Å². The van der Waals surface area contributed by atoms with Gasteiger partial charge in [0.25, 0.3) is 0 Å². The number of fused-ring (bicyclic) bond motifs is 1. The Morgan fingerprint density at radius 1 is 0.952 bits per heavy atom. The molecule has 0 aliphatic rings. The number of hydrogen-bond donors (Lipinski definition) is 0. The fourth-order valence-electron chi connectivity index (χ4n) is 2.65. The Labute approximate surface area is 124 Å². The van der Waals surface area contributed by atoms with Crippen LogP contribution in [0.2, 0.25) is 0 Å². The topological polar surface area (TPSA) is 13.1 Å². The molecule has 0 atom stereocenters. The maximum absolute atomic E-state index is 5.07. The van der Waals surface area contributed by atoms with E-state index in [1.54, 1.807) is 13.4 Å². The zero-order valence-corrected chi connectivity index (χ0v) is 12.3. The van der Waals surface area contributed by atoms with Crippen LogP contribution in [0.5, 0.6) is 0 Å². The molecule has 1 heterocycles. The normalized spacial score (nSPS) is 11.1. The Morgan fingerprint density at radius 3 is 2.57 bits per heavy atom. The van der Waals surface area contributed by atoms with Crippen molar-refractivity contribution < 1.29 is 9.30 Å². The number of pyridine rings is 1. The molecule has 2 nitrogen and oxygen atoms in total. The SMILES string of the molecule is COC=Cc1ccccc1-c1c2ccccc2cc[n+]1C. The standard InChI is InChI=1S/C19H18NO/c1-20-13-11-15-7-3-5-9-17(15)19(20)18-10-6-4-8-16(18)12-14-21-2/h3-14H,1-2H3/q+1. The average molecular weight is 276 g/mol. The first kappa shape index (κ1) is 13.4. The summed E-state index contributed by atoms with van der Waals surface area (Å²) in [6, 6.07) is 19.0. The van der Waals surface area contributed by atoms with E-state index >= 15 is 0 Å². The lowest BCUT2D eigenvalue weighted by atomic mass is 9.99. The van der Waals surface area contributed by atoms with Crippen molar-refractivity contribution in [2.45, 2.75) is 0 Å². The monoisotopic (exact) mass is 276 g/mol. The van der Waals surface area contributed by atoms with E-state index < -0.39 is 0 Å². The molecular weight excluding hydrogens is 258 g/mol. The van der Waals surface area contributed by atoms with Crippen LogP contribution in [0.4, 0.5) is 0 Å². The van der Waals surface area contributed by atoms with Gasteiger partial charge in [0.15, 0.2) is 6.20 Å². The molecule has 2 aromatic carbocycles. The van der Waals surface area contributed by atoms with Crippen LogP contribution in [0.1, 0.15) is 5.56 Å². The third kappa shape index (κ3) is 2.52. The van der Waals surface area contributed by atoms with Crippen molar-refractivity contribution >= 4 is 16.8 Å². The lowest BCUT2D eigenvalue weighted by Gasteiger charge is -2.07. The number of aryl methyl sites for hydroxylation is 1. The van der Waals surface area contributed by atoms with Gasteiger partial charge in [-0.3, -0.25) is 0 Å². The summed E-state index contributed by atoms with van der Waals surface area (Å²) >= 11 is 0. The third-order valence-electron chi connectivity index (χ3n) is 3.65. The second kappa shape index (κ2) is 5.80. The van der Waals surface area contributed by atoms with Crippen LogP contribution in [0.15, 0.2) is 67.1 Å². The highest BCUT2D eigenvalue weighted by atomic mass is 16.5. The van der Waals surface area contributed by atoms with Gasteiger partial charge in [-0.15, -0.1) is 0 Å². The fraction of sp³-hybridized carbons (Fsp3) is 0.105. The largest absolute Gasteiger partial charge is 0.504 e. The highest BCUT2D eigenvalue weighted by Crippen LogP contribution is 2.28. The molecular formula is C19H18NO+. The van der Waals surface area contributed by atoms with E-state index in [1.807, 2.05) is 12.1 Å². The van der Waals surface area contributed by atoms with E-state index in [-0.39, 0.29) is 0 Å². The summed E-state index contributed by atoms with van der Waals surface area (Å²) in [6.45, 7) is 0. The van der Waals surface area contributed by atoms with Crippen molar-refractivity contribution in [1.29, 1.82) is 0 Å². The lowest BCUT2D eigenvalue weighted by molar-refractivity contribution is -0.659. The molecule has 3 aromatic rings. The molecule has 21 heavy (non-hydrogen) atoms. The summed E-state index contributed by atoms with van der Waals surface area (Å²) in [5.74, 6) is 0. The zero-order valence-electron chi connectivity index (χ0n) is 12.3. The average Bonchev–Trinajstić information content (AvgIpc) is 2.53. The fourth-order valence-corrected chi connectivity index (χ4v) is 2.65. The van der Waals surface area contributed by atoms with Crippen molar-refractivity contribution in [2.24, 2.45) is 7.05 Å². The summed E-state index contributed by atoms with van der Waals surface area (Å²) in [5, 5.41) is 2.50. The molecule has 0 saturated carbocycles. The molecule has 0 saturated heterocycles. The van der Waals surface area contributed by atoms with Crippen LogP contribution in [0.3, 0.4) is 0 Å². The minimum absolute atomic E-state index is 1.14. The Bertz CT molecular complexity index is 806. The van der Waals surface area contributed by atoms with Gasteiger partial charge in [0.1, 0.15) is 7.05 Å². The number of rotatable bonds is 3. The lowest BCUT2D eigenvalue weighted by Crippen LogP contribution is -2.30. The van der Waals surface area contributed by atoms with Gasteiger partial charge in [-0.25, -0.2) is 4.57 Å². The van der Waals surface area contributed by atoms with E-state index in [0.29, 0.717) is 0 Å². The Hall–Kier alpha value is -2.61. The van der Waals surface area contributed by atoms with Gasteiger partial charge in [0.2, 0.25) is 5.69 Å². The van der Waals surface area contributed by atoms with Crippen molar-refractivity contribution in [2.75, 3.05) is 7.11 Å². The van der Waals surface area contributed by atoms with Gasteiger partial charge < -0.3 is 4.74 Å². The predicted molar refractivity (Wildman–Crippen MR) is 86.6 cm³/mol. The number of nitrogens with zero attached hydrogens (tertiary/aromatic N) is 1. The maximum atomic E-state index is 5.07. The molecule has 0 bridgehead atoms. The molecule has 0 aliphatic heterocycles. The molecule has 0 radical (unpaired) electrons. The van der Waals surface area contributed by atoms with Crippen LogP contribution in [0, 0.1) is 0 Å². The number of ether oxygens (including phenoxy) is 1. The van der Waals surface area contributed by atoms with Crippen molar-refractivity contribution in [3.63, 3.8) is 0 Å². The first-order valence-corrected chi connectivity index (χ1v) is 6.97. The Morgan fingerprint density at radius 2 is 1.71 bits per heavy atom. The second-order valence-electron chi connectivity index (χ2n) is 4.99. The van der Waals surface area contributed by atoms with Crippen LogP contribution in [0.25, 0.3) is 28.1 Å². The summed E-state index contributed by atoms with van der Waals surface area (Å²) in [5.41, 5.74) is 3.56. The van der Waals surface area contributed by atoms with E-state index in [4.69, 9.17) is 4.74 Å². The summed E-state index contributed by atoms with van der Waals surface area (Å²) in [4.78, 5) is 0. The minimum Gasteiger partial charge on any atom is -0.504 e. The van der Waals surface area contributed by atoms with E-state index in [0.717, 1.165) is 5.56 Å². The summed E-state index contributed by atoms with van der Waals surface area (Å²) in [6.07, 6.45) is 5.82. The van der Waals surface area contributed by atoms with E-state index in [1.165, 1.54) is 22.0 Å². The smallest absolute Gasteiger partial charge is 0.220 e. The molecule has 0 fully saturated rings. The molecule has 2 heteroatoms.